The summed E-state index contributed by atoms with van der Waals surface area (Å²) in [5.74, 6) is 0. The van der Waals surface area contributed by atoms with Crippen molar-refractivity contribution >= 4 is 0 Å². The summed E-state index contributed by atoms with van der Waals surface area (Å²) in [6.45, 7) is 1.65. The van der Waals surface area contributed by atoms with E-state index < -0.39 is 5.60 Å². The van der Waals surface area contributed by atoms with Crippen molar-refractivity contribution in [2.24, 2.45) is 0 Å². The Bertz CT molecular complexity index is 291. The number of aromatic nitrogens is 1. The molecule has 0 aliphatic carbocycles. The molecule has 0 spiro atoms. The van der Waals surface area contributed by atoms with Crippen LogP contribution in [0.3, 0.4) is 0 Å². The Hall–Kier alpha value is -0.930. The quantitative estimate of drug-likeness (QED) is 0.677. The fraction of sp³-hybridized carbons (Fsp3) is 0.455. The number of rotatable bonds is 1. The maximum absolute atomic E-state index is 10.3. The lowest BCUT2D eigenvalue weighted by Gasteiger charge is -2.39. The monoisotopic (exact) mass is 191 g/mol. The maximum atomic E-state index is 10.3. The molecular weight excluding hydrogens is 176 g/mol. The molecule has 1 aliphatic heterocycles. The van der Waals surface area contributed by atoms with Gasteiger partial charge in [-0.3, -0.25) is 12.0 Å². The third-order valence-corrected chi connectivity index (χ3v) is 2.82. The van der Waals surface area contributed by atoms with E-state index in [1.54, 1.807) is 6.20 Å². The van der Waals surface area contributed by atoms with E-state index in [2.05, 4.69) is 12.0 Å². The molecule has 14 heavy (non-hydrogen) atoms. The summed E-state index contributed by atoms with van der Waals surface area (Å²) in [5, 5.41) is 10.3. The molecule has 0 unspecified atom stereocenters. The van der Waals surface area contributed by atoms with Gasteiger partial charge in [0, 0.05) is 6.20 Å². The molecule has 76 valence electrons. The van der Waals surface area contributed by atoms with Gasteiger partial charge in [-0.15, -0.1) is 0 Å². The van der Waals surface area contributed by atoms with Crippen LogP contribution in [-0.2, 0) is 5.60 Å². The van der Waals surface area contributed by atoms with E-state index in [1.807, 2.05) is 23.1 Å². The number of nitrogens with zero attached hydrogens (tertiary/aromatic N) is 2. The molecule has 1 N–H and O–H groups in total. The van der Waals surface area contributed by atoms with Gasteiger partial charge in [0.25, 0.3) is 0 Å². The maximum Gasteiger partial charge on any atom is 0.109 e. The normalized spacial score (nSPS) is 22.1. The van der Waals surface area contributed by atoms with E-state index in [1.165, 1.54) is 0 Å². The second-order valence-electron chi connectivity index (χ2n) is 3.86. The van der Waals surface area contributed by atoms with E-state index in [4.69, 9.17) is 0 Å². The molecule has 3 nitrogen and oxygen atoms in total. The van der Waals surface area contributed by atoms with Crippen LogP contribution in [0.5, 0.6) is 0 Å². The molecule has 0 radical (unpaired) electrons. The standard InChI is InChI=1S/C11H15N2O/c1-13-8-5-11(14,6-9-13)10-4-2-3-7-12-10/h2-4,7,14H,1,5-6,8-9H2/q-1. The summed E-state index contributed by atoms with van der Waals surface area (Å²) in [7, 11) is 3.86. The minimum Gasteiger partial charge on any atom is -0.459 e. The summed E-state index contributed by atoms with van der Waals surface area (Å²) in [6.07, 6.45) is 3.16. The second kappa shape index (κ2) is 3.67. The van der Waals surface area contributed by atoms with Gasteiger partial charge < -0.3 is 10.0 Å². The van der Waals surface area contributed by atoms with Crippen LogP contribution in [0.25, 0.3) is 0 Å². The molecular formula is C11H15N2O-. The molecule has 0 aromatic carbocycles. The molecule has 2 rings (SSSR count). The fourth-order valence-corrected chi connectivity index (χ4v) is 1.82. The lowest BCUT2D eigenvalue weighted by atomic mass is 9.88. The topological polar surface area (TPSA) is 36.4 Å². The smallest absolute Gasteiger partial charge is 0.109 e. The summed E-state index contributed by atoms with van der Waals surface area (Å²) in [6, 6.07) is 5.67. The van der Waals surface area contributed by atoms with Crippen molar-refractivity contribution in [3.63, 3.8) is 0 Å². The van der Waals surface area contributed by atoms with E-state index in [0.717, 1.165) is 18.8 Å². The highest BCUT2D eigenvalue weighted by Crippen LogP contribution is 2.30. The van der Waals surface area contributed by atoms with E-state index in [0.29, 0.717) is 12.8 Å². The lowest BCUT2D eigenvalue weighted by Crippen LogP contribution is -2.40. The van der Waals surface area contributed by atoms with Gasteiger partial charge in [0.1, 0.15) is 5.60 Å². The van der Waals surface area contributed by atoms with Gasteiger partial charge in [0.2, 0.25) is 0 Å². The van der Waals surface area contributed by atoms with Crippen molar-refractivity contribution in [2.75, 3.05) is 13.1 Å². The summed E-state index contributed by atoms with van der Waals surface area (Å²) >= 11 is 0. The summed E-state index contributed by atoms with van der Waals surface area (Å²) in [5.41, 5.74) is 0.0447. The van der Waals surface area contributed by atoms with Crippen LogP contribution in [0.1, 0.15) is 18.5 Å². The van der Waals surface area contributed by atoms with Gasteiger partial charge in [0.15, 0.2) is 0 Å². The first-order valence-corrected chi connectivity index (χ1v) is 4.90. The average Bonchev–Trinajstić information content (AvgIpc) is 2.24. The van der Waals surface area contributed by atoms with Crippen molar-refractivity contribution < 1.29 is 5.11 Å². The van der Waals surface area contributed by atoms with Crippen LogP contribution >= 0.6 is 0 Å². The van der Waals surface area contributed by atoms with Crippen molar-refractivity contribution in [3.05, 3.63) is 37.1 Å². The molecule has 1 aromatic heterocycles. The molecule has 0 saturated carbocycles. The number of aliphatic hydroxyl groups is 1. The number of hydrogen-bond donors (Lipinski definition) is 1. The number of pyridine rings is 1. The SMILES string of the molecule is [CH2-]N1CCC(O)(c2ccccn2)CC1. The predicted octanol–water partition coefficient (Wildman–Crippen LogP) is 1.16. The zero-order chi connectivity index (χ0) is 10.0. The molecule has 0 atom stereocenters. The van der Waals surface area contributed by atoms with Gasteiger partial charge in [0.05, 0.1) is 5.69 Å². The first-order chi connectivity index (χ1) is 6.71. The molecule has 0 bridgehead atoms. The zero-order valence-corrected chi connectivity index (χ0v) is 8.19. The van der Waals surface area contributed by atoms with Gasteiger partial charge in [-0.2, -0.15) is 0 Å². The van der Waals surface area contributed by atoms with Crippen LogP contribution in [0.4, 0.5) is 0 Å². The second-order valence-corrected chi connectivity index (χ2v) is 3.86. The average molecular weight is 191 g/mol. The Morgan fingerprint density at radius 3 is 2.64 bits per heavy atom. The van der Waals surface area contributed by atoms with Gasteiger partial charge >= 0.3 is 0 Å². The Morgan fingerprint density at radius 2 is 2.07 bits per heavy atom. The molecule has 1 aliphatic rings. The van der Waals surface area contributed by atoms with Gasteiger partial charge in [-0.05, 0) is 38.1 Å². The van der Waals surface area contributed by atoms with Crippen LogP contribution in [0, 0.1) is 7.05 Å². The van der Waals surface area contributed by atoms with Crippen LogP contribution in [0.2, 0.25) is 0 Å². The van der Waals surface area contributed by atoms with E-state index in [9.17, 15) is 5.11 Å². The highest BCUT2D eigenvalue weighted by molar-refractivity contribution is 5.14. The molecule has 2 heterocycles. The van der Waals surface area contributed by atoms with E-state index in [-0.39, 0.29) is 0 Å². The lowest BCUT2D eigenvalue weighted by molar-refractivity contribution is -0.0204. The van der Waals surface area contributed by atoms with Crippen molar-refractivity contribution in [1.29, 1.82) is 0 Å². The van der Waals surface area contributed by atoms with Crippen LogP contribution in [-0.4, -0.2) is 28.1 Å². The predicted molar refractivity (Wildman–Crippen MR) is 54.3 cm³/mol. The molecule has 0 amide bonds. The largest absolute Gasteiger partial charge is 0.459 e. The Morgan fingerprint density at radius 1 is 1.36 bits per heavy atom. The highest BCUT2D eigenvalue weighted by Gasteiger charge is 2.32. The Labute approximate surface area is 84.4 Å². The minimum absolute atomic E-state index is 0.716. The third-order valence-electron chi connectivity index (χ3n) is 2.82. The molecule has 1 fully saturated rings. The number of hydrogen-bond acceptors (Lipinski definition) is 3. The fourth-order valence-electron chi connectivity index (χ4n) is 1.82. The Kier molecular flexibility index (Phi) is 2.52. The summed E-state index contributed by atoms with van der Waals surface area (Å²) in [4.78, 5) is 6.19. The van der Waals surface area contributed by atoms with E-state index >= 15 is 0 Å². The van der Waals surface area contributed by atoms with Crippen LogP contribution < -0.4 is 0 Å². The summed E-state index contributed by atoms with van der Waals surface area (Å²) < 4.78 is 0. The first-order valence-electron chi connectivity index (χ1n) is 4.90. The number of likely N-dealkylation sites (tertiary alicyclic amines) is 1. The van der Waals surface area contributed by atoms with Gasteiger partial charge in [-0.1, -0.05) is 6.07 Å². The Balaban J connectivity index is 2.17. The molecule has 1 saturated heterocycles. The first kappa shape index (κ1) is 9.62. The van der Waals surface area contributed by atoms with Crippen molar-refractivity contribution in [2.45, 2.75) is 18.4 Å². The van der Waals surface area contributed by atoms with Gasteiger partial charge in [-0.25, -0.2) is 0 Å². The minimum atomic E-state index is -0.741. The molecule has 3 heteroatoms. The van der Waals surface area contributed by atoms with Crippen LogP contribution in [0.15, 0.2) is 24.4 Å². The van der Waals surface area contributed by atoms with Crippen molar-refractivity contribution in [1.82, 2.24) is 9.88 Å². The molecule has 1 aromatic rings. The highest BCUT2D eigenvalue weighted by atomic mass is 16.3. The number of piperidine rings is 1. The van der Waals surface area contributed by atoms with Crippen molar-refractivity contribution in [3.8, 4) is 0 Å². The third kappa shape index (κ3) is 1.79. The zero-order valence-electron chi connectivity index (χ0n) is 8.19.